The van der Waals surface area contributed by atoms with E-state index >= 15 is 0 Å². The summed E-state index contributed by atoms with van der Waals surface area (Å²) in [6, 6.07) is 7.81. The minimum atomic E-state index is -0.464. The highest BCUT2D eigenvalue weighted by Crippen LogP contribution is 2.09. The summed E-state index contributed by atoms with van der Waals surface area (Å²) >= 11 is 0. The predicted molar refractivity (Wildman–Crippen MR) is 73.1 cm³/mol. The summed E-state index contributed by atoms with van der Waals surface area (Å²) in [5, 5.41) is 2.66. The predicted octanol–water partition coefficient (Wildman–Crippen LogP) is 3.70. The highest BCUT2D eigenvalue weighted by atomic mass is 16.5. The van der Waals surface area contributed by atoms with Gasteiger partial charge in [-0.25, -0.2) is 4.79 Å². The average molecular weight is 245 g/mol. The number of ether oxygens (including phenoxy) is 1. The Morgan fingerprint density at radius 1 is 1.44 bits per heavy atom. The van der Waals surface area contributed by atoms with Crippen molar-refractivity contribution >= 4 is 6.09 Å². The van der Waals surface area contributed by atoms with Crippen molar-refractivity contribution in [3.63, 3.8) is 0 Å². The van der Waals surface area contributed by atoms with Crippen molar-refractivity contribution in [3.05, 3.63) is 59.3 Å². The van der Waals surface area contributed by atoms with Crippen LogP contribution in [0.25, 0.3) is 0 Å². The standard InChI is InChI=1S/C15H19NO2/c1-5-14(11(2)3)16-15(17)18-10-13-9-7-6-8-12(13)4/h5-9H,2,10H2,1,3-4H3,(H,16,17)/b14-5-. The van der Waals surface area contributed by atoms with E-state index in [9.17, 15) is 4.79 Å². The van der Waals surface area contributed by atoms with Gasteiger partial charge >= 0.3 is 6.09 Å². The van der Waals surface area contributed by atoms with Crippen LogP contribution in [0.5, 0.6) is 0 Å². The number of carbonyl (C=O) groups excluding carboxylic acids is 1. The van der Waals surface area contributed by atoms with Crippen molar-refractivity contribution < 1.29 is 9.53 Å². The number of rotatable bonds is 4. The van der Waals surface area contributed by atoms with E-state index < -0.39 is 6.09 Å². The fraction of sp³-hybridized carbons (Fsp3) is 0.267. The lowest BCUT2D eigenvalue weighted by atomic mass is 10.1. The first-order valence-corrected chi connectivity index (χ1v) is 5.85. The van der Waals surface area contributed by atoms with Crippen LogP contribution in [0.4, 0.5) is 4.79 Å². The van der Waals surface area contributed by atoms with Crippen LogP contribution in [0.15, 0.2) is 48.2 Å². The van der Waals surface area contributed by atoms with Gasteiger partial charge in [-0.05, 0) is 37.5 Å². The number of aryl methyl sites for hydroxylation is 1. The van der Waals surface area contributed by atoms with Crippen LogP contribution >= 0.6 is 0 Å². The SMILES string of the molecule is C=C(C)/C(=C/C)NC(=O)OCc1ccccc1C. The second-order valence-electron chi connectivity index (χ2n) is 4.11. The van der Waals surface area contributed by atoms with Gasteiger partial charge in [0.15, 0.2) is 0 Å². The molecule has 0 fully saturated rings. The first kappa shape index (κ1) is 14.0. The number of hydrogen-bond acceptors (Lipinski definition) is 2. The molecular formula is C15H19NO2. The van der Waals surface area contributed by atoms with E-state index in [1.807, 2.05) is 45.0 Å². The Labute approximate surface area is 108 Å². The number of alkyl carbamates (subject to hydrolysis) is 1. The molecule has 0 aliphatic heterocycles. The van der Waals surface area contributed by atoms with E-state index in [-0.39, 0.29) is 6.61 Å². The molecule has 0 bridgehead atoms. The van der Waals surface area contributed by atoms with Gasteiger partial charge in [-0.3, -0.25) is 5.32 Å². The minimum absolute atomic E-state index is 0.270. The molecule has 1 aromatic carbocycles. The van der Waals surface area contributed by atoms with Crippen LogP contribution in [0.3, 0.4) is 0 Å². The van der Waals surface area contributed by atoms with Crippen molar-refractivity contribution in [2.24, 2.45) is 0 Å². The second-order valence-corrected chi connectivity index (χ2v) is 4.11. The first-order valence-electron chi connectivity index (χ1n) is 5.85. The van der Waals surface area contributed by atoms with Crippen molar-refractivity contribution in [2.75, 3.05) is 0 Å². The lowest BCUT2D eigenvalue weighted by molar-refractivity contribution is 0.142. The maximum atomic E-state index is 11.6. The average Bonchev–Trinajstić information content (AvgIpc) is 2.34. The summed E-state index contributed by atoms with van der Waals surface area (Å²) in [7, 11) is 0. The summed E-state index contributed by atoms with van der Waals surface area (Å²) in [6.45, 7) is 9.70. The van der Waals surface area contributed by atoms with Crippen LogP contribution < -0.4 is 5.32 Å². The Morgan fingerprint density at radius 3 is 2.67 bits per heavy atom. The molecule has 0 aliphatic carbocycles. The summed E-state index contributed by atoms with van der Waals surface area (Å²) in [5.41, 5.74) is 3.59. The molecule has 0 saturated carbocycles. The molecule has 3 heteroatoms. The van der Waals surface area contributed by atoms with Gasteiger partial charge in [0.1, 0.15) is 6.61 Å². The van der Waals surface area contributed by atoms with Gasteiger partial charge in [0.2, 0.25) is 0 Å². The molecule has 96 valence electrons. The normalized spacial score (nSPS) is 10.9. The highest BCUT2D eigenvalue weighted by molar-refractivity contribution is 5.70. The highest BCUT2D eigenvalue weighted by Gasteiger charge is 2.06. The topological polar surface area (TPSA) is 38.3 Å². The number of amides is 1. The zero-order chi connectivity index (χ0) is 13.5. The summed E-state index contributed by atoms with van der Waals surface area (Å²) < 4.78 is 5.16. The number of benzene rings is 1. The molecule has 0 aliphatic rings. The van der Waals surface area contributed by atoms with Crippen molar-refractivity contribution in [1.82, 2.24) is 5.32 Å². The quantitative estimate of drug-likeness (QED) is 0.821. The molecule has 1 N–H and O–H groups in total. The number of hydrogen-bond donors (Lipinski definition) is 1. The van der Waals surface area contributed by atoms with Gasteiger partial charge in [0.25, 0.3) is 0 Å². The van der Waals surface area contributed by atoms with Gasteiger partial charge in [0, 0.05) is 5.70 Å². The molecule has 3 nitrogen and oxygen atoms in total. The van der Waals surface area contributed by atoms with Gasteiger partial charge in [-0.2, -0.15) is 0 Å². The lowest BCUT2D eigenvalue weighted by Crippen LogP contribution is -2.24. The smallest absolute Gasteiger partial charge is 0.411 e. The molecule has 0 spiro atoms. The summed E-state index contributed by atoms with van der Waals surface area (Å²) in [4.78, 5) is 11.6. The van der Waals surface area contributed by atoms with Gasteiger partial charge in [-0.1, -0.05) is 36.9 Å². The van der Waals surface area contributed by atoms with E-state index in [0.29, 0.717) is 5.70 Å². The number of allylic oxidation sites excluding steroid dienone is 2. The van der Waals surface area contributed by atoms with Crippen molar-refractivity contribution in [2.45, 2.75) is 27.4 Å². The Kier molecular flexibility index (Phi) is 5.18. The molecule has 1 amide bonds. The van der Waals surface area contributed by atoms with Crippen LogP contribution in [0.1, 0.15) is 25.0 Å². The molecule has 1 aromatic rings. The molecule has 1 rings (SSSR count). The van der Waals surface area contributed by atoms with E-state index in [0.717, 1.165) is 16.7 Å². The Bertz CT molecular complexity index is 475. The molecule has 0 radical (unpaired) electrons. The monoisotopic (exact) mass is 245 g/mol. The Morgan fingerprint density at radius 2 is 2.11 bits per heavy atom. The Hall–Kier alpha value is -2.03. The zero-order valence-corrected chi connectivity index (χ0v) is 11.1. The van der Waals surface area contributed by atoms with E-state index in [1.54, 1.807) is 6.08 Å². The fourth-order valence-corrected chi connectivity index (χ4v) is 1.49. The fourth-order valence-electron chi connectivity index (χ4n) is 1.49. The maximum absolute atomic E-state index is 11.6. The largest absolute Gasteiger partial charge is 0.444 e. The van der Waals surface area contributed by atoms with E-state index in [4.69, 9.17) is 4.74 Å². The molecular weight excluding hydrogens is 226 g/mol. The zero-order valence-electron chi connectivity index (χ0n) is 11.1. The van der Waals surface area contributed by atoms with E-state index in [2.05, 4.69) is 11.9 Å². The summed E-state index contributed by atoms with van der Waals surface area (Å²) in [6.07, 6.45) is 1.33. The van der Waals surface area contributed by atoms with Gasteiger partial charge < -0.3 is 4.74 Å². The van der Waals surface area contributed by atoms with Crippen LogP contribution in [-0.4, -0.2) is 6.09 Å². The Balaban J connectivity index is 2.52. The maximum Gasteiger partial charge on any atom is 0.411 e. The minimum Gasteiger partial charge on any atom is -0.444 e. The third kappa shape index (κ3) is 4.09. The molecule has 0 heterocycles. The van der Waals surface area contributed by atoms with Crippen LogP contribution in [0.2, 0.25) is 0 Å². The van der Waals surface area contributed by atoms with Gasteiger partial charge in [0.05, 0.1) is 0 Å². The van der Waals surface area contributed by atoms with Crippen LogP contribution in [0, 0.1) is 6.92 Å². The number of nitrogens with one attached hydrogen (secondary N) is 1. The molecule has 18 heavy (non-hydrogen) atoms. The van der Waals surface area contributed by atoms with Crippen molar-refractivity contribution in [3.8, 4) is 0 Å². The molecule has 0 saturated heterocycles. The first-order chi connectivity index (χ1) is 8.54. The molecule has 0 aromatic heterocycles. The molecule has 0 atom stereocenters. The third-order valence-corrected chi connectivity index (χ3v) is 2.61. The summed E-state index contributed by atoms with van der Waals surface area (Å²) in [5.74, 6) is 0. The van der Waals surface area contributed by atoms with Crippen LogP contribution in [-0.2, 0) is 11.3 Å². The lowest BCUT2D eigenvalue weighted by Gasteiger charge is -2.10. The number of carbonyl (C=O) groups is 1. The second kappa shape index (κ2) is 6.64. The molecule has 0 unspecified atom stereocenters. The van der Waals surface area contributed by atoms with Crippen molar-refractivity contribution in [1.29, 1.82) is 0 Å². The van der Waals surface area contributed by atoms with E-state index in [1.165, 1.54) is 0 Å². The third-order valence-electron chi connectivity index (χ3n) is 2.61. The van der Waals surface area contributed by atoms with Gasteiger partial charge in [-0.15, -0.1) is 0 Å².